The summed E-state index contributed by atoms with van der Waals surface area (Å²) in [5.41, 5.74) is 1.41. The number of phenols is 1. The number of nitrogens with zero attached hydrogens (tertiary/aromatic N) is 1. The predicted octanol–water partition coefficient (Wildman–Crippen LogP) is 0.998. The lowest BCUT2D eigenvalue weighted by Crippen LogP contribution is -2.53. The van der Waals surface area contributed by atoms with Crippen molar-refractivity contribution in [3.05, 3.63) is 23.8 Å². The Morgan fingerprint density at radius 3 is 2.71 bits per heavy atom. The molecule has 4 nitrogen and oxygen atoms in total. The average molecular weight is 234 g/mol. The van der Waals surface area contributed by atoms with Crippen LogP contribution in [-0.2, 0) is 0 Å². The third-order valence-electron chi connectivity index (χ3n) is 4.32. The van der Waals surface area contributed by atoms with Crippen LogP contribution in [0.1, 0.15) is 24.5 Å². The van der Waals surface area contributed by atoms with Crippen molar-refractivity contribution in [2.45, 2.75) is 24.5 Å². The molecule has 0 aliphatic carbocycles. The van der Waals surface area contributed by atoms with E-state index in [4.69, 9.17) is 0 Å². The molecule has 1 unspecified atom stereocenters. The van der Waals surface area contributed by atoms with Crippen LogP contribution in [0.25, 0.3) is 0 Å². The third-order valence-corrected chi connectivity index (χ3v) is 4.32. The van der Waals surface area contributed by atoms with Gasteiger partial charge in [-0.25, -0.2) is 0 Å². The van der Waals surface area contributed by atoms with Gasteiger partial charge in [0.2, 0.25) is 0 Å². The van der Waals surface area contributed by atoms with Crippen LogP contribution in [0.3, 0.4) is 0 Å². The second kappa shape index (κ2) is 3.62. The van der Waals surface area contributed by atoms with Crippen molar-refractivity contribution >= 4 is 5.69 Å². The number of rotatable bonds is 0. The number of anilines is 1. The highest BCUT2D eigenvalue weighted by atomic mass is 16.3. The topological polar surface area (TPSA) is 55.7 Å². The summed E-state index contributed by atoms with van der Waals surface area (Å²) in [6.07, 6.45) is 1.30. The van der Waals surface area contributed by atoms with E-state index in [2.05, 4.69) is 10.2 Å². The zero-order chi connectivity index (χ0) is 12.0. The van der Waals surface area contributed by atoms with Crippen molar-refractivity contribution in [1.82, 2.24) is 5.32 Å². The largest absolute Gasteiger partial charge is 0.506 e. The Morgan fingerprint density at radius 2 is 2.06 bits per heavy atom. The van der Waals surface area contributed by atoms with E-state index < -0.39 is 6.10 Å². The van der Waals surface area contributed by atoms with Gasteiger partial charge in [-0.2, -0.15) is 0 Å². The van der Waals surface area contributed by atoms with Gasteiger partial charge in [-0.3, -0.25) is 0 Å². The molecule has 2 aliphatic rings. The van der Waals surface area contributed by atoms with Gasteiger partial charge in [-0.15, -0.1) is 0 Å². The molecule has 1 atom stereocenters. The fourth-order valence-corrected chi connectivity index (χ4v) is 3.30. The van der Waals surface area contributed by atoms with Crippen LogP contribution in [0.15, 0.2) is 18.2 Å². The minimum Gasteiger partial charge on any atom is -0.506 e. The Balaban J connectivity index is 2.10. The maximum atomic E-state index is 10.6. The van der Waals surface area contributed by atoms with Crippen LogP contribution in [0.2, 0.25) is 0 Å². The molecule has 1 spiro atoms. The van der Waals surface area contributed by atoms with Crippen molar-refractivity contribution < 1.29 is 10.2 Å². The number of nitrogens with one attached hydrogen (secondary N) is 1. The third kappa shape index (κ3) is 1.31. The highest BCUT2D eigenvalue weighted by molar-refractivity contribution is 5.70. The summed E-state index contributed by atoms with van der Waals surface area (Å²) in [6, 6.07) is 5.39. The van der Waals surface area contributed by atoms with Crippen molar-refractivity contribution in [2.75, 3.05) is 25.0 Å². The minimum absolute atomic E-state index is 0.244. The maximum absolute atomic E-state index is 10.6. The number of aliphatic hydroxyl groups excluding tert-OH is 1. The van der Waals surface area contributed by atoms with E-state index in [-0.39, 0.29) is 11.3 Å². The molecule has 0 radical (unpaired) electrons. The van der Waals surface area contributed by atoms with Crippen molar-refractivity contribution in [3.63, 3.8) is 0 Å². The molecule has 92 valence electrons. The zero-order valence-electron chi connectivity index (χ0n) is 9.98. The normalized spacial score (nSPS) is 26.2. The van der Waals surface area contributed by atoms with E-state index in [1.807, 2.05) is 13.1 Å². The summed E-state index contributed by atoms with van der Waals surface area (Å²) in [5, 5.41) is 23.9. The van der Waals surface area contributed by atoms with E-state index in [0.717, 1.165) is 37.2 Å². The first kappa shape index (κ1) is 10.9. The molecule has 0 bridgehead atoms. The summed E-state index contributed by atoms with van der Waals surface area (Å²) in [4.78, 5) is 2.07. The fourth-order valence-electron chi connectivity index (χ4n) is 3.30. The van der Waals surface area contributed by atoms with Gasteiger partial charge in [0.15, 0.2) is 0 Å². The number of piperidine rings is 1. The second-order valence-electron chi connectivity index (χ2n) is 5.03. The standard InChI is InChI=1S/C13H18N2O2/c1-15-11-9(3-2-4-10(11)16)12(17)13(15)5-7-14-8-6-13/h2-4,12,14,16-17H,5-8H2,1H3. The molecular weight excluding hydrogens is 216 g/mol. The molecule has 1 fully saturated rings. The number of fused-ring (bicyclic) bond motifs is 1. The molecule has 4 heteroatoms. The fraction of sp³-hybridized carbons (Fsp3) is 0.538. The Morgan fingerprint density at radius 1 is 1.35 bits per heavy atom. The number of benzene rings is 1. The van der Waals surface area contributed by atoms with Crippen LogP contribution in [0.4, 0.5) is 5.69 Å². The Hall–Kier alpha value is -1.26. The van der Waals surface area contributed by atoms with Crippen LogP contribution in [-0.4, -0.2) is 35.9 Å². The lowest BCUT2D eigenvalue weighted by Gasteiger charge is -2.43. The minimum atomic E-state index is -0.503. The molecule has 1 aromatic rings. The lowest BCUT2D eigenvalue weighted by molar-refractivity contribution is 0.0733. The molecular formula is C13H18N2O2. The Bertz CT molecular complexity index is 441. The Labute approximate surface area is 101 Å². The van der Waals surface area contributed by atoms with E-state index in [9.17, 15) is 10.2 Å². The predicted molar refractivity (Wildman–Crippen MR) is 66.3 cm³/mol. The summed E-state index contributed by atoms with van der Waals surface area (Å²) in [5.74, 6) is 0.263. The van der Waals surface area contributed by atoms with E-state index in [1.54, 1.807) is 12.1 Å². The molecule has 1 saturated heterocycles. The quantitative estimate of drug-likeness (QED) is 0.627. The SMILES string of the molecule is CN1c2c(O)cccc2C(O)C12CCNCC2. The first-order chi connectivity index (χ1) is 8.17. The molecule has 17 heavy (non-hydrogen) atoms. The molecule has 1 aromatic carbocycles. The number of hydrogen-bond acceptors (Lipinski definition) is 4. The number of para-hydroxylation sites is 1. The molecule has 3 rings (SSSR count). The summed E-state index contributed by atoms with van der Waals surface area (Å²) in [6.45, 7) is 1.83. The average Bonchev–Trinajstić information content (AvgIpc) is 2.55. The van der Waals surface area contributed by atoms with Gasteiger partial charge in [0.1, 0.15) is 11.9 Å². The number of aromatic hydroxyl groups is 1. The molecule has 0 aromatic heterocycles. The summed E-state index contributed by atoms with van der Waals surface area (Å²) >= 11 is 0. The van der Waals surface area contributed by atoms with Gasteiger partial charge in [0, 0.05) is 12.6 Å². The van der Waals surface area contributed by atoms with Crippen LogP contribution < -0.4 is 10.2 Å². The van der Waals surface area contributed by atoms with Crippen LogP contribution >= 0.6 is 0 Å². The first-order valence-electron chi connectivity index (χ1n) is 6.11. The number of likely N-dealkylation sites (N-methyl/N-ethyl adjacent to an activating group) is 1. The maximum Gasteiger partial charge on any atom is 0.139 e. The van der Waals surface area contributed by atoms with Gasteiger partial charge in [0.05, 0.1) is 11.2 Å². The zero-order valence-corrected chi connectivity index (χ0v) is 9.98. The van der Waals surface area contributed by atoms with E-state index in [1.165, 1.54) is 0 Å². The van der Waals surface area contributed by atoms with Gasteiger partial charge in [-0.05, 0) is 32.0 Å². The Kier molecular flexibility index (Phi) is 2.31. The van der Waals surface area contributed by atoms with Gasteiger partial charge >= 0.3 is 0 Å². The molecule has 2 aliphatic heterocycles. The van der Waals surface area contributed by atoms with Crippen LogP contribution in [0, 0.1) is 0 Å². The van der Waals surface area contributed by atoms with Crippen molar-refractivity contribution in [2.24, 2.45) is 0 Å². The van der Waals surface area contributed by atoms with E-state index >= 15 is 0 Å². The molecule has 0 saturated carbocycles. The molecule has 2 heterocycles. The molecule has 3 N–H and O–H groups in total. The number of phenolic OH excluding ortho intramolecular Hbond substituents is 1. The highest BCUT2D eigenvalue weighted by Crippen LogP contribution is 2.52. The highest BCUT2D eigenvalue weighted by Gasteiger charge is 2.50. The van der Waals surface area contributed by atoms with Crippen molar-refractivity contribution in [1.29, 1.82) is 0 Å². The summed E-state index contributed by atoms with van der Waals surface area (Å²) in [7, 11) is 1.97. The van der Waals surface area contributed by atoms with Gasteiger partial charge < -0.3 is 20.4 Å². The number of hydrogen-bond donors (Lipinski definition) is 3. The number of aliphatic hydroxyl groups is 1. The van der Waals surface area contributed by atoms with Crippen molar-refractivity contribution in [3.8, 4) is 5.75 Å². The monoisotopic (exact) mass is 234 g/mol. The molecule has 0 amide bonds. The second-order valence-corrected chi connectivity index (χ2v) is 5.03. The first-order valence-corrected chi connectivity index (χ1v) is 6.11. The van der Waals surface area contributed by atoms with Crippen LogP contribution in [0.5, 0.6) is 5.75 Å². The lowest BCUT2D eigenvalue weighted by atomic mass is 9.82. The van der Waals surface area contributed by atoms with Gasteiger partial charge in [0.25, 0.3) is 0 Å². The van der Waals surface area contributed by atoms with E-state index in [0.29, 0.717) is 0 Å². The smallest absolute Gasteiger partial charge is 0.139 e. The summed E-state index contributed by atoms with van der Waals surface area (Å²) < 4.78 is 0. The van der Waals surface area contributed by atoms with Gasteiger partial charge in [-0.1, -0.05) is 12.1 Å².